The first kappa shape index (κ1) is 28.2. The molecule has 0 saturated carbocycles. The summed E-state index contributed by atoms with van der Waals surface area (Å²) in [6, 6.07) is 15.4. The summed E-state index contributed by atoms with van der Waals surface area (Å²) in [5, 5.41) is 2.95. The smallest absolute Gasteiger partial charge is 0.244 e. The summed E-state index contributed by atoms with van der Waals surface area (Å²) in [7, 11) is -2.30. The molecule has 0 aliphatic carbocycles. The van der Waals surface area contributed by atoms with Crippen molar-refractivity contribution < 1.29 is 22.7 Å². The lowest BCUT2D eigenvalue weighted by atomic mass is 10.1. The highest BCUT2D eigenvalue weighted by Gasteiger charge is 2.32. The Bertz CT molecular complexity index is 1100. The summed E-state index contributed by atoms with van der Waals surface area (Å²) in [5.74, 6) is -0.251. The molecular weight excluding hydrogens is 466 g/mol. The highest BCUT2D eigenvalue weighted by Crippen LogP contribution is 2.23. The van der Waals surface area contributed by atoms with Gasteiger partial charge in [-0.1, -0.05) is 43.3 Å². The van der Waals surface area contributed by atoms with E-state index in [1.54, 1.807) is 24.3 Å². The number of amides is 2. The highest BCUT2D eigenvalue weighted by atomic mass is 32.2. The van der Waals surface area contributed by atoms with E-state index in [0.29, 0.717) is 24.3 Å². The Morgan fingerprint density at radius 1 is 1.06 bits per heavy atom. The van der Waals surface area contributed by atoms with Crippen molar-refractivity contribution in [2.45, 2.75) is 52.1 Å². The number of sulfonamides is 1. The van der Waals surface area contributed by atoms with E-state index in [4.69, 9.17) is 4.74 Å². The summed E-state index contributed by atoms with van der Waals surface area (Å²) in [6.45, 7) is 7.31. The van der Waals surface area contributed by atoms with Crippen molar-refractivity contribution in [3.05, 3.63) is 60.2 Å². The van der Waals surface area contributed by atoms with Gasteiger partial charge in [0.25, 0.3) is 0 Å². The molecule has 35 heavy (non-hydrogen) atoms. The Morgan fingerprint density at radius 2 is 1.71 bits per heavy atom. The molecule has 192 valence electrons. The van der Waals surface area contributed by atoms with Crippen molar-refractivity contribution in [3.8, 4) is 5.75 Å². The lowest BCUT2D eigenvalue weighted by Gasteiger charge is -2.34. The zero-order chi connectivity index (χ0) is 26.2. The van der Waals surface area contributed by atoms with Gasteiger partial charge in [0.15, 0.2) is 0 Å². The highest BCUT2D eigenvalue weighted by molar-refractivity contribution is 7.92. The Hall–Kier alpha value is -3.07. The second-order valence-electron chi connectivity index (χ2n) is 9.46. The summed E-state index contributed by atoms with van der Waals surface area (Å²) < 4.78 is 31.6. The average molecular weight is 504 g/mol. The van der Waals surface area contributed by atoms with E-state index < -0.39 is 34.1 Å². The van der Waals surface area contributed by atoms with Crippen molar-refractivity contribution in [3.63, 3.8) is 0 Å². The molecule has 1 N–H and O–H groups in total. The molecule has 8 nitrogen and oxygen atoms in total. The van der Waals surface area contributed by atoms with E-state index in [1.807, 2.05) is 58.0 Å². The number of benzene rings is 2. The van der Waals surface area contributed by atoms with Crippen LogP contribution in [-0.2, 0) is 26.0 Å². The fourth-order valence-corrected chi connectivity index (χ4v) is 4.57. The maximum atomic E-state index is 13.6. The third kappa shape index (κ3) is 8.58. The van der Waals surface area contributed by atoms with Crippen LogP contribution in [0.4, 0.5) is 5.69 Å². The quantitative estimate of drug-likeness (QED) is 0.508. The Kier molecular flexibility index (Phi) is 9.71. The molecular formula is C26H37N3O5S. The molecule has 2 aromatic rings. The Balaban J connectivity index is 2.39. The topological polar surface area (TPSA) is 96.0 Å². The fourth-order valence-electron chi connectivity index (χ4n) is 3.73. The molecule has 9 heteroatoms. The van der Waals surface area contributed by atoms with E-state index in [0.717, 1.165) is 16.1 Å². The van der Waals surface area contributed by atoms with E-state index in [-0.39, 0.29) is 12.5 Å². The minimum Gasteiger partial charge on any atom is -0.497 e. The van der Waals surface area contributed by atoms with Crippen molar-refractivity contribution in [2.24, 2.45) is 0 Å². The molecule has 0 fully saturated rings. The lowest BCUT2D eigenvalue weighted by molar-refractivity contribution is -0.140. The van der Waals surface area contributed by atoms with Gasteiger partial charge in [0.2, 0.25) is 21.8 Å². The predicted molar refractivity (Wildman–Crippen MR) is 139 cm³/mol. The van der Waals surface area contributed by atoms with E-state index in [1.165, 1.54) is 12.0 Å². The van der Waals surface area contributed by atoms with Gasteiger partial charge in [0, 0.05) is 18.2 Å². The number of nitrogens with zero attached hydrogens (tertiary/aromatic N) is 2. The Morgan fingerprint density at radius 3 is 2.26 bits per heavy atom. The normalized spacial score (nSPS) is 12.5. The molecule has 2 aromatic carbocycles. The maximum Gasteiger partial charge on any atom is 0.244 e. The number of carbonyl (C=O) groups is 2. The molecule has 0 aromatic heterocycles. The summed E-state index contributed by atoms with van der Waals surface area (Å²) >= 11 is 0. The van der Waals surface area contributed by atoms with Gasteiger partial charge < -0.3 is 15.0 Å². The van der Waals surface area contributed by atoms with Crippen LogP contribution >= 0.6 is 0 Å². The molecule has 0 radical (unpaired) electrons. The lowest BCUT2D eigenvalue weighted by Crippen LogP contribution is -2.56. The molecule has 0 aliphatic rings. The number of ether oxygens (including phenoxy) is 1. The number of anilines is 1. The van der Waals surface area contributed by atoms with Gasteiger partial charge in [-0.15, -0.1) is 0 Å². The summed E-state index contributed by atoms with van der Waals surface area (Å²) in [5.41, 5.74) is 0.859. The second kappa shape index (κ2) is 12.1. The van der Waals surface area contributed by atoms with E-state index in [9.17, 15) is 18.0 Å². The molecule has 0 bridgehead atoms. The molecule has 0 aliphatic heterocycles. The monoisotopic (exact) mass is 503 g/mol. The van der Waals surface area contributed by atoms with Crippen LogP contribution in [0.2, 0.25) is 0 Å². The number of carbonyl (C=O) groups excluding carboxylic acids is 2. The predicted octanol–water partition coefficient (Wildman–Crippen LogP) is 3.23. The Labute approximate surface area is 209 Å². The number of hydrogen-bond acceptors (Lipinski definition) is 5. The van der Waals surface area contributed by atoms with Crippen LogP contribution in [0.3, 0.4) is 0 Å². The van der Waals surface area contributed by atoms with Crippen LogP contribution in [0.15, 0.2) is 54.6 Å². The third-order valence-electron chi connectivity index (χ3n) is 5.39. The maximum absolute atomic E-state index is 13.6. The van der Waals surface area contributed by atoms with Crippen LogP contribution in [0.5, 0.6) is 5.75 Å². The zero-order valence-corrected chi connectivity index (χ0v) is 22.3. The van der Waals surface area contributed by atoms with Crippen molar-refractivity contribution in [2.75, 3.05) is 30.8 Å². The second-order valence-corrected chi connectivity index (χ2v) is 11.4. The third-order valence-corrected chi connectivity index (χ3v) is 6.53. The SMILES string of the molecule is CC[C@@H](C(=O)NC(C)(C)C)N(CCc1ccccc1)C(=O)CN(c1cccc(OC)c1)S(C)(=O)=O. The summed E-state index contributed by atoms with van der Waals surface area (Å²) in [6.07, 6.45) is 1.97. The van der Waals surface area contributed by atoms with Gasteiger partial charge in [-0.05, 0) is 51.3 Å². The molecule has 2 amide bonds. The largest absolute Gasteiger partial charge is 0.497 e. The fraction of sp³-hybridized carbons (Fsp3) is 0.462. The van der Waals surface area contributed by atoms with Gasteiger partial charge in [-0.25, -0.2) is 8.42 Å². The summed E-state index contributed by atoms with van der Waals surface area (Å²) in [4.78, 5) is 28.3. The van der Waals surface area contributed by atoms with Crippen LogP contribution in [-0.4, -0.2) is 63.2 Å². The van der Waals surface area contributed by atoms with Crippen LogP contribution in [0.25, 0.3) is 0 Å². The minimum absolute atomic E-state index is 0.270. The number of rotatable bonds is 11. The number of hydrogen-bond donors (Lipinski definition) is 1. The first-order chi connectivity index (χ1) is 16.4. The standard InChI is InChI=1S/C26H37N3O5S/c1-7-23(25(31)27-26(2,3)4)28(17-16-20-12-9-8-10-13-20)24(30)19-29(35(6,32)33)21-14-11-15-22(18-21)34-5/h8-15,18,23H,7,16-17,19H2,1-6H3,(H,27,31)/t23-/m0/s1. The molecule has 0 saturated heterocycles. The molecule has 0 spiro atoms. The molecule has 2 rings (SSSR count). The van der Waals surface area contributed by atoms with Gasteiger partial charge >= 0.3 is 0 Å². The van der Waals surface area contributed by atoms with Crippen LogP contribution in [0.1, 0.15) is 39.7 Å². The van der Waals surface area contributed by atoms with Gasteiger partial charge in [-0.2, -0.15) is 0 Å². The minimum atomic E-state index is -3.79. The molecule has 0 heterocycles. The number of methoxy groups -OCH3 is 1. The van der Waals surface area contributed by atoms with Gasteiger partial charge in [-0.3, -0.25) is 13.9 Å². The average Bonchev–Trinajstić information content (AvgIpc) is 2.78. The van der Waals surface area contributed by atoms with Gasteiger partial charge in [0.1, 0.15) is 18.3 Å². The van der Waals surface area contributed by atoms with Crippen LogP contribution in [0, 0.1) is 0 Å². The first-order valence-corrected chi connectivity index (χ1v) is 13.5. The first-order valence-electron chi connectivity index (χ1n) is 11.6. The van der Waals surface area contributed by atoms with Gasteiger partial charge in [0.05, 0.1) is 19.1 Å². The van der Waals surface area contributed by atoms with Crippen molar-refractivity contribution in [1.82, 2.24) is 10.2 Å². The van der Waals surface area contributed by atoms with Crippen LogP contribution < -0.4 is 14.4 Å². The molecule has 1 atom stereocenters. The zero-order valence-electron chi connectivity index (χ0n) is 21.4. The van der Waals surface area contributed by atoms with E-state index in [2.05, 4.69) is 5.32 Å². The number of nitrogens with one attached hydrogen (secondary N) is 1. The molecule has 0 unspecified atom stereocenters. The van der Waals surface area contributed by atoms with E-state index >= 15 is 0 Å². The van der Waals surface area contributed by atoms with Crippen molar-refractivity contribution >= 4 is 27.5 Å². The van der Waals surface area contributed by atoms with Crippen molar-refractivity contribution in [1.29, 1.82) is 0 Å².